The summed E-state index contributed by atoms with van der Waals surface area (Å²) >= 11 is 0. The molecule has 4 amide bonds. The minimum absolute atomic E-state index is 0.0582. The minimum Gasteiger partial charge on any atom is -0.480 e. The molecular formula is C28H38N4O7. The van der Waals surface area contributed by atoms with Crippen LogP contribution >= 0.6 is 0 Å². The summed E-state index contributed by atoms with van der Waals surface area (Å²) in [4.78, 5) is 64.6. The number of hydrogen-bond donors (Lipinski definition) is 4. The fraction of sp³-hybridized carbons (Fsp3) is 0.536. The second-order valence-electron chi connectivity index (χ2n) is 10.9. The number of Topliss-reactive ketones (excluding diaryl/α,β-unsaturated/α-hetero) is 1. The zero-order chi connectivity index (χ0) is 28.7. The van der Waals surface area contributed by atoms with Gasteiger partial charge in [0.2, 0.25) is 5.91 Å². The molecule has 212 valence electrons. The number of hydrogen-bond acceptors (Lipinski definition) is 6. The fourth-order valence-electron chi connectivity index (χ4n) is 4.58. The highest BCUT2D eigenvalue weighted by Crippen LogP contribution is 2.19. The van der Waals surface area contributed by atoms with Crippen LogP contribution < -0.4 is 16.0 Å². The van der Waals surface area contributed by atoms with E-state index >= 15 is 0 Å². The molecule has 3 atom stereocenters. The maximum Gasteiger partial charge on any atom is 0.326 e. The third-order valence-electron chi connectivity index (χ3n) is 6.54. The monoisotopic (exact) mass is 542 g/mol. The zero-order valence-corrected chi connectivity index (χ0v) is 22.9. The molecule has 2 heterocycles. The summed E-state index contributed by atoms with van der Waals surface area (Å²) in [5.74, 6) is -2.30. The third kappa shape index (κ3) is 8.30. The number of furan rings is 1. The van der Waals surface area contributed by atoms with Gasteiger partial charge in [-0.25, -0.2) is 9.59 Å². The lowest BCUT2D eigenvalue weighted by molar-refractivity contribution is -0.139. The first-order chi connectivity index (χ1) is 18.4. The molecule has 1 aromatic heterocycles. The molecule has 0 saturated carbocycles. The molecule has 1 saturated heterocycles. The number of benzene rings is 1. The predicted octanol–water partition coefficient (Wildman–Crippen LogP) is 2.94. The molecule has 1 aromatic carbocycles. The van der Waals surface area contributed by atoms with E-state index in [1.807, 2.05) is 39.8 Å². The Bertz CT molecular complexity index is 1170. The summed E-state index contributed by atoms with van der Waals surface area (Å²) in [6.07, 6.45) is 1.36. The summed E-state index contributed by atoms with van der Waals surface area (Å²) in [5.41, 5.74) is 0.559. The summed E-state index contributed by atoms with van der Waals surface area (Å²) < 4.78 is 5.62. The Labute approximate surface area is 227 Å². The van der Waals surface area contributed by atoms with Crippen molar-refractivity contribution in [3.63, 3.8) is 0 Å². The van der Waals surface area contributed by atoms with E-state index in [4.69, 9.17) is 4.42 Å². The molecule has 1 aliphatic rings. The van der Waals surface area contributed by atoms with E-state index in [1.54, 1.807) is 18.2 Å². The number of carbonyl (C=O) groups excluding carboxylic acids is 4. The number of nitrogens with zero attached hydrogens (tertiary/aromatic N) is 1. The van der Waals surface area contributed by atoms with Gasteiger partial charge >= 0.3 is 12.0 Å². The lowest BCUT2D eigenvalue weighted by Gasteiger charge is -2.24. The lowest BCUT2D eigenvalue weighted by atomic mass is 10.0. The van der Waals surface area contributed by atoms with Gasteiger partial charge in [0.1, 0.15) is 17.7 Å². The molecule has 11 nitrogen and oxygen atoms in total. The highest BCUT2D eigenvalue weighted by Gasteiger charge is 2.33. The van der Waals surface area contributed by atoms with Crippen molar-refractivity contribution >= 4 is 40.6 Å². The van der Waals surface area contributed by atoms with Crippen LogP contribution in [0.5, 0.6) is 0 Å². The summed E-state index contributed by atoms with van der Waals surface area (Å²) in [5, 5.41) is 18.2. The van der Waals surface area contributed by atoms with Gasteiger partial charge in [-0.15, -0.1) is 0 Å². The van der Waals surface area contributed by atoms with Gasteiger partial charge in [0.05, 0.1) is 12.6 Å². The molecule has 0 unspecified atom stereocenters. The molecule has 1 fully saturated rings. The quantitative estimate of drug-likeness (QED) is 0.359. The van der Waals surface area contributed by atoms with Crippen molar-refractivity contribution in [1.29, 1.82) is 0 Å². The molecule has 1 aliphatic heterocycles. The van der Waals surface area contributed by atoms with Gasteiger partial charge in [-0.1, -0.05) is 45.9 Å². The van der Waals surface area contributed by atoms with Gasteiger partial charge in [0.15, 0.2) is 11.5 Å². The van der Waals surface area contributed by atoms with E-state index in [0.29, 0.717) is 24.8 Å². The average molecular weight is 543 g/mol. The van der Waals surface area contributed by atoms with Gasteiger partial charge in [-0.3, -0.25) is 14.4 Å². The fourth-order valence-corrected chi connectivity index (χ4v) is 4.58. The number of para-hydroxylation sites is 1. The van der Waals surface area contributed by atoms with Crippen LogP contribution in [0.1, 0.15) is 63.9 Å². The summed E-state index contributed by atoms with van der Waals surface area (Å²) in [7, 11) is 0. The molecule has 0 spiro atoms. The largest absolute Gasteiger partial charge is 0.480 e. The highest BCUT2D eigenvalue weighted by atomic mass is 16.4. The van der Waals surface area contributed by atoms with E-state index in [2.05, 4.69) is 16.0 Å². The number of rotatable bonds is 10. The Kier molecular flexibility index (Phi) is 10.1. The maximum absolute atomic E-state index is 13.2. The van der Waals surface area contributed by atoms with Gasteiger partial charge in [-0.05, 0) is 49.7 Å². The van der Waals surface area contributed by atoms with Gasteiger partial charge in [0, 0.05) is 11.9 Å². The maximum atomic E-state index is 13.2. The summed E-state index contributed by atoms with van der Waals surface area (Å²) in [6.45, 7) is 7.54. The normalized spacial score (nSPS) is 17.5. The van der Waals surface area contributed by atoms with Crippen molar-refractivity contribution in [2.24, 2.45) is 11.8 Å². The number of ketones is 1. The molecule has 2 aromatic rings. The van der Waals surface area contributed by atoms with Crippen LogP contribution in [0.4, 0.5) is 4.79 Å². The lowest BCUT2D eigenvalue weighted by Crippen LogP contribution is -2.53. The van der Waals surface area contributed by atoms with Crippen molar-refractivity contribution in [3.05, 3.63) is 36.1 Å². The standard InChI is InChI=1S/C28H38N4O7/c1-16(2)12-20(30-26(35)24-14-18-8-5-6-10-23(18)39-24)25(34)29-19-9-7-11-32(15-22(19)33)28(38)31-21(27(36)37)13-17(3)4/h5-6,8,10,14,16-17,19-21H,7,9,11-13,15H2,1-4H3,(H,29,34)(H,30,35)(H,31,38)(H,36,37)/t19-,20-,21+/m0/s1. The third-order valence-corrected chi connectivity index (χ3v) is 6.54. The van der Waals surface area contributed by atoms with Crippen LogP contribution in [-0.2, 0) is 14.4 Å². The average Bonchev–Trinajstić information content (AvgIpc) is 3.21. The van der Waals surface area contributed by atoms with Gasteiger partial charge in [-0.2, -0.15) is 0 Å². The van der Waals surface area contributed by atoms with E-state index in [-0.39, 0.29) is 42.9 Å². The molecule has 0 bridgehead atoms. The number of likely N-dealkylation sites (tertiary alicyclic amines) is 1. The Hall–Kier alpha value is -3.89. The second kappa shape index (κ2) is 13.3. The summed E-state index contributed by atoms with van der Waals surface area (Å²) in [6, 6.07) is 5.40. The molecule has 3 rings (SSSR count). The van der Waals surface area contributed by atoms with Crippen LogP contribution in [0.15, 0.2) is 34.7 Å². The van der Waals surface area contributed by atoms with Crippen LogP contribution in [0.2, 0.25) is 0 Å². The molecule has 0 aliphatic carbocycles. The first kappa shape index (κ1) is 29.7. The van der Waals surface area contributed by atoms with E-state index < -0.39 is 41.9 Å². The number of carboxylic acid groups (broad SMARTS) is 1. The van der Waals surface area contributed by atoms with E-state index in [1.165, 1.54) is 4.90 Å². The van der Waals surface area contributed by atoms with Crippen LogP contribution in [0, 0.1) is 11.8 Å². The van der Waals surface area contributed by atoms with Crippen molar-refractivity contribution in [2.75, 3.05) is 13.1 Å². The van der Waals surface area contributed by atoms with Crippen molar-refractivity contribution in [1.82, 2.24) is 20.9 Å². The molecule has 0 radical (unpaired) electrons. The number of carboxylic acids is 1. The zero-order valence-electron chi connectivity index (χ0n) is 22.9. The van der Waals surface area contributed by atoms with E-state index in [9.17, 15) is 29.1 Å². The Morgan fingerprint density at radius 3 is 2.33 bits per heavy atom. The van der Waals surface area contributed by atoms with Gasteiger partial charge in [0.25, 0.3) is 5.91 Å². The Morgan fingerprint density at radius 1 is 1.03 bits per heavy atom. The first-order valence-electron chi connectivity index (χ1n) is 13.3. The van der Waals surface area contributed by atoms with Crippen LogP contribution in [0.25, 0.3) is 11.0 Å². The smallest absolute Gasteiger partial charge is 0.326 e. The molecule has 4 N–H and O–H groups in total. The predicted molar refractivity (Wildman–Crippen MR) is 144 cm³/mol. The Balaban J connectivity index is 1.63. The van der Waals surface area contributed by atoms with Crippen molar-refractivity contribution in [2.45, 2.75) is 71.5 Å². The number of urea groups is 1. The topological polar surface area (TPSA) is 158 Å². The first-order valence-corrected chi connectivity index (χ1v) is 13.3. The number of fused-ring (bicyclic) bond motifs is 1. The van der Waals surface area contributed by atoms with Crippen LogP contribution in [0.3, 0.4) is 0 Å². The second-order valence-corrected chi connectivity index (χ2v) is 10.9. The molecular weight excluding hydrogens is 504 g/mol. The number of nitrogens with one attached hydrogen (secondary N) is 3. The Morgan fingerprint density at radius 2 is 1.69 bits per heavy atom. The molecule has 11 heteroatoms. The number of aliphatic carboxylic acids is 1. The number of carbonyl (C=O) groups is 5. The van der Waals surface area contributed by atoms with Crippen molar-refractivity contribution in [3.8, 4) is 0 Å². The van der Waals surface area contributed by atoms with Crippen molar-refractivity contribution < 1.29 is 33.5 Å². The molecule has 39 heavy (non-hydrogen) atoms. The minimum atomic E-state index is -1.13. The SMILES string of the molecule is CC(C)C[C@H](NC(=O)c1cc2ccccc2o1)C(=O)N[C@H]1CCCN(C(=O)N[C@H](CC(C)C)C(=O)O)CC1=O. The highest BCUT2D eigenvalue weighted by molar-refractivity contribution is 6.00. The van der Waals surface area contributed by atoms with E-state index in [0.717, 1.165) is 5.39 Å². The number of amides is 4. The van der Waals surface area contributed by atoms with Gasteiger partial charge < -0.3 is 30.4 Å². The van der Waals surface area contributed by atoms with Crippen LogP contribution in [-0.4, -0.2) is 70.8 Å².